The van der Waals surface area contributed by atoms with Crippen LogP contribution in [0.1, 0.15) is 0 Å². The average molecular weight is 148 g/mol. The van der Waals surface area contributed by atoms with E-state index in [1.807, 2.05) is 0 Å². The van der Waals surface area contributed by atoms with E-state index in [1.54, 1.807) is 0 Å². The largest absolute Gasteiger partial charge is 0.475 e. The van der Waals surface area contributed by atoms with Crippen molar-refractivity contribution in [3.8, 4) is 0 Å². The van der Waals surface area contributed by atoms with Gasteiger partial charge >= 0.3 is 0 Å². The van der Waals surface area contributed by atoms with E-state index < -0.39 is 0 Å². The molecule has 1 heterocycles. The maximum atomic E-state index is 4.86. The van der Waals surface area contributed by atoms with E-state index >= 15 is 0 Å². The molecule has 1 saturated heterocycles. The van der Waals surface area contributed by atoms with Crippen LogP contribution in [0, 0.1) is 0 Å². The first kappa shape index (κ1) is 5.91. The molecule has 0 radical (unpaired) electrons. The molecular formula is C4H4O2S2. The Balaban J connectivity index is 2.40. The van der Waals surface area contributed by atoms with Gasteiger partial charge in [-0.1, -0.05) is 0 Å². The molecule has 0 aromatic carbocycles. The zero-order valence-corrected chi connectivity index (χ0v) is 5.68. The Morgan fingerprint density at radius 2 is 1.38 bits per heavy atom. The van der Waals surface area contributed by atoms with Crippen LogP contribution in [-0.4, -0.2) is 23.3 Å². The van der Waals surface area contributed by atoms with E-state index in [9.17, 15) is 0 Å². The lowest BCUT2D eigenvalue weighted by Gasteiger charge is -2.14. The van der Waals surface area contributed by atoms with Crippen molar-refractivity contribution in [2.75, 3.05) is 13.2 Å². The van der Waals surface area contributed by atoms with Gasteiger partial charge in [0.1, 0.15) is 0 Å². The molecular weight excluding hydrogens is 144 g/mol. The van der Waals surface area contributed by atoms with Gasteiger partial charge < -0.3 is 9.47 Å². The highest BCUT2D eigenvalue weighted by molar-refractivity contribution is 7.80. The molecule has 0 unspecified atom stereocenters. The highest BCUT2D eigenvalue weighted by Gasteiger charge is 2.09. The number of ether oxygens (including phenoxy) is 2. The Labute approximate surface area is 57.8 Å². The molecule has 0 amide bonds. The van der Waals surface area contributed by atoms with Crippen LogP contribution in [-0.2, 0) is 9.47 Å². The van der Waals surface area contributed by atoms with Gasteiger partial charge in [0.15, 0.2) is 23.3 Å². The summed E-state index contributed by atoms with van der Waals surface area (Å²) in [7, 11) is 0. The summed E-state index contributed by atoms with van der Waals surface area (Å²) in [4.78, 5) is 0. The molecule has 0 N–H and O–H groups in total. The standard InChI is InChI=1S/C4H4O2S2/c7-3-1-5-4(8)2-6-3/h1-2H2. The van der Waals surface area contributed by atoms with Gasteiger partial charge in [-0.2, -0.15) is 0 Å². The summed E-state index contributed by atoms with van der Waals surface area (Å²) < 4.78 is 9.71. The van der Waals surface area contributed by atoms with Crippen LogP contribution >= 0.6 is 24.4 Å². The summed E-state index contributed by atoms with van der Waals surface area (Å²) in [5, 5.41) is 0.970. The van der Waals surface area contributed by atoms with Crippen molar-refractivity contribution in [3.05, 3.63) is 0 Å². The van der Waals surface area contributed by atoms with E-state index in [0.717, 1.165) is 0 Å². The van der Waals surface area contributed by atoms with Gasteiger partial charge in [-0.3, -0.25) is 0 Å². The lowest BCUT2D eigenvalue weighted by Crippen LogP contribution is -2.25. The van der Waals surface area contributed by atoms with Gasteiger partial charge in [0.25, 0.3) is 0 Å². The van der Waals surface area contributed by atoms with Gasteiger partial charge in [-0.05, 0) is 24.4 Å². The second kappa shape index (κ2) is 2.37. The summed E-state index contributed by atoms with van der Waals surface area (Å²) in [5.41, 5.74) is 0. The summed E-state index contributed by atoms with van der Waals surface area (Å²) in [6.07, 6.45) is 0. The number of rotatable bonds is 0. The van der Waals surface area contributed by atoms with Gasteiger partial charge in [0.05, 0.1) is 0 Å². The molecule has 4 heteroatoms. The van der Waals surface area contributed by atoms with E-state index in [-0.39, 0.29) is 0 Å². The average Bonchev–Trinajstić information content (AvgIpc) is 1.77. The van der Waals surface area contributed by atoms with Crippen LogP contribution < -0.4 is 0 Å². The second-order valence-corrected chi connectivity index (χ2v) is 2.23. The fourth-order valence-electron chi connectivity index (χ4n) is 0.362. The van der Waals surface area contributed by atoms with Crippen LogP contribution in [0.5, 0.6) is 0 Å². The molecule has 0 bridgehead atoms. The third-order valence-corrected chi connectivity index (χ3v) is 1.17. The molecule has 2 nitrogen and oxygen atoms in total. The molecule has 0 aliphatic carbocycles. The molecule has 0 spiro atoms. The van der Waals surface area contributed by atoms with E-state index in [4.69, 9.17) is 9.47 Å². The van der Waals surface area contributed by atoms with Crippen molar-refractivity contribution >= 4 is 34.5 Å². The third kappa shape index (κ3) is 1.38. The molecule has 0 atom stereocenters. The summed E-state index contributed by atoms with van der Waals surface area (Å²) in [6, 6.07) is 0. The number of hydrogen-bond donors (Lipinski definition) is 0. The van der Waals surface area contributed by atoms with Gasteiger partial charge in [0.2, 0.25) is 0 Å². The molecule has 1 aliphatic heterocycles. The summed E-state index contributed by atoms with van der Waals surface area (Å²) in [5.74, 6) is 0. The zero-order valence-electron chi connectivity index (χ0n) is 4.05. The van der Waals surface area contributed by atoms with Crippen LogP contribution in [0.25, 0.3) is 0 Å². The number of hydrogen-bond acceptors (Lipinski definition) is 4. The van der Waals surface area contributed by atoms with E-state index in [0.29, 0.717) is 23.3 Å². The first-order chi connectivity index (χ1) is 3.79. The molecule has 44 valence electrons. The van der Waals surface area contributed by atoms with Crippen molar-refractivity contribution in [2.45, 2.75) is 0 Å². The monoisotopic (exact) mass is 148 g/mol. The SMILES string of the molecule is S=C1COC(=S)CO1. The lowest BCUT2D eigenvalue weighted by atomic mass is 10.6. The van der Waals surface area contributed by atoms with Crippen LogP contribution in [0.3, 0.4) is 0 Å². The van der Waals surface area contributed by atoms with Crippen LogP contribution in [0.4, 0.5) is 0 Å². The van der Waals surface area contributed by atoms with Gasteiger partial charge in [0, 0.05) is 0 Å². The maximum absolute atomic E-state index is 4.86. The minimum Gasteiger partial charge on any atom is -0.475 e. The molecule has 8 heavy (non-hydrogen) atoms. The molecule has 1 fully saturated rings. The Kier molecular flexibility index (Phi) is 1.75. The maximum Gasteiger partial charge on any atom is 0.198 e. The summed E-state index contributed by atoms with van der Waals surface area (Å²) >= 11 is 9.30. The predicted octanol–water partition coefficient (Wildman–Crippen LogP) is 0.688. The van der Waals surface area contributed by atoms with Crippen molar-refractivity contribution < 1.29 is 9.47 Å². The minimum absolute atomic E-state index is 0.341. The molecule has 0 saturated carbocycles. The minimum atomic E-state index is 0.341. The van der Waals surface area contributed by atoms with Gasteiger partial charge in [-0.25, -0.2) is 0 Å². The Hall–Kier alpha value is -0.220. The third-order valence-electron chi connectivity index (χ3n) is 0.702. The second-order valence-electron chi connectivity index (χ2n) is 1.32. The molecule has 1 rings (SSSR count). The fourth-order valence-corrected chi connectivity index (χ4v) is 0.598. The van der Waals surface area contributed by atoms with Crippen LogP contribution in [0.2, 0.25) is 0 Å². The van der Waals surface area contributed by atoms with Crippen molar-refractivity contribution in [1.29, 1.82) is 0 Å². The number of thiocarbonyl (C=S) groups is 2. The smallest absolute Gasteiger partial charge is 0.198 e. The molecule has 0 aromatic heterocycles. The highest BCUT2D eigenvalue weighted by atomic mass is 32.1. The first-order valence-electron chi connectivity index (χ1n) is 2.10. The van der Waals surface area contributed by atoms with Crippen molar-refractivity contribution in [3.63, 3.8) is 0 Å². The molecule has 1 aliphatic rings. The topological polar surface area (TPSA) is 18.5 Å². The van der Waals surface area contributed by atoms with Gasteiger partial charge in [-0.15, -0.1) is 0 Å². The quantitative estimate of drug-likeness (QED) is 0.470. The van der Waals surface area contributed by atoms with Crippen molar-refractivity contribution in [2.24, 2.45) is 0 Å². The Morgan fingerprint density at radius 3 is 1.62 bits per heavy atom. The Bertz CT molecular complexity index is 104. The van der Waals surface area contributed by atoms with Crippen LogP contribution in [0.15, 0.2) is 0 Å². The fraction of sp³-hybridized carbons (Fsp3) is 0.500. The zero-order chi connectivity index (χ0) is 5.98. The Morgan fingerprint density at radius 1 is 1.00 bits per heavy atom. The van der Waals surface area contributed by atoms with E-state index in [1.165, 1.54) is 0 Å². The lowest BCUT2D eigenvalue weighted by molar-refractivity contribution is 0.235. The predicted molar refractivity (Wildman–Crippen MR) is 37.1 cm³/mol. The van der Waals surface area contributed by atoms with Crippen molar-refractivity contribution in [1.82, 2.24) is 0 Å². The molecule has 0 aromatic rings. The highest BCUT2D eigenvalue weighted by Crippen LogP contribution is 1.95. The summed E-state index contributed by atoms with van der Waals surface area (Å²) in [6.45, 7) is 0.683. The normalized spacial score (nSPS) is 19.5. The van der Waals surface area contributed by atoms with E-state index in [2.05, 4.69) is 24.4 Å². The first-order valence-corrected chi connectivity index (χ1v) is 2.92.